The Morgan fingerprint density at radius 1 is 1.11 bits per heavy atom. The predicted molar refractivity (Wildman–Crippen MR) is 59.8 cm³/mol. The highest BCUT2D eigenvalue weighted by Crippen LogP contribution is 2.37. The van der Waals surface area contributed by atoms with Crippen molar-refractivity contribution in [3.05, 3.63) is 0 Å². The summed E-state index contributed by atoms with van der Waals surface area (Å²) in [6.07, 6.45) is -1.46. The average Bonchev–Trinajstić information content (AvgIpc) is 2.79. The van der Waals surface area contributed by atoms with Crippen LogP contribution in [0.3, 0.4) is 0 Å². The SMILES string of the molecule is CO[C@@H]1C[C@@H]2[C@H](C(O)C(C)O)C[C@@H](OC)ON2O1. The van der Waals surface area contributed by atoms with Crippen molar-refractivity contribution in [3.8, 4) is 0 Å². The molecule has 2 aliphatic rings. The van der Waals surface area contributed by atoms with Crippen molar-refractivity contribution in [1.82, 2.24) is 5.23 Å². The summed E-state index contributed by atoms with van der Waals surface area (Å²) in [4.78, 5) is 10.9. The minimum Gasteiger partial charge on any atom is -0.391 e. The van der Waals surface area contributed by atoms with Crippen LogP contribution >= 0.6 is 0 Å². The van der Waals surface area contributed by atoms with E-state index in [2.05, 4.69) is 0 Å². The molecule has 2 fully saturated rings. The third-order valence-electron chi connectivity index (χ3n) is 3.57. The molecule has 0 radical (unpaired) electrons. The highest BCUT2D eigenvalue weighted by molar-refractivity contribution is 4.88. The summed E-state index contributed by atoms with van der Waals surface area (Å²) in [6.45, 7) is 1.57. The molecule has 0 aliphatic carbocycles. The standard InChI is InChI=1S/C11H21NO6/c1-6(13)11(14)7-4-9(15-2)17-12-8(7)5-10(16-3)18-12/h6-11,13-14H,4-5H2,1-3H3/t6?,7-,8-,9+,10+,11?/m1/s1. The minimum absolute atomic E-state index is 0.147. The van der Waals surface area contributed by atoms with Gasteiger partial charge < -0.3 is 19.7 Å². The zero-order valence-electron chi connectivity index (χ0n) is 10.9. The number of ether oxygens (including phenoxy) is 2. The van der Waals surface area contributed by atoms with Gasteiger partial charge in [-0.05, 0) is 6.92 Å². The highest BCUT2D eigenvalue weighted by atomic mass is 17.0. The monoisotopic (exact) mass is 263 g/mol. The number of aliphatic hydroxyl groups excluding tert-OH is 2. The summed E-state index contributed by atoms with van der Waals surface area (Å²) in [5.41, 5.74) is 0. The van der Waals surface area contributed by atoms with Crippen LogP contribution in [0, 0.1) is 5.92 Å². The van der Waals surface area contributed by atoms with Crippen molar-refractivity contribution in [2.24, 2.45) is 5.92 Å². The molecule has 2 heterocycles. The fraction of sp³-hybridized carbons (Fsp3) is 1.00. The number of hydrogen-bond donors (Lipinski definition) is 2. The third kappa shape index (κ3) is 2.67. The lowest BCUT2D eigenvalue weighted by molar-refractivity contribution is -0.455. The first-order valence-corrected chi connectivity index (χ1v) is 6.11. The first-order chi connectivity index (χ1) is 8.56. The molecule has 6 atom stereocenters. The van der Waals surface area contributed by atoms with Gasteiger partial charge in [-0.15, -0.1) is 0 Å². The van der Waals surface area contributed by atoms with E-state index >= 15 is 0 Å². The smallest absolute Gasteiger partial charge is 0.181 e. The maximum Gasteiger partial charge on any atom is 0.181 e. The van der Waals surface area contributed by atoms with E-state index < -0.39 is 24.8 Å². The molecule has 2 saturated heterocycles. The molecule has 18 heavy (non-hydrogen) atoms. The van der Waals surface area contributed by atoms with Crippen molar-refractivity contribution in [3.63, 3.8) is 0 Å². The minimum atomic E-state index is -0.849. The molecule has 0 bridgehead atoms. The Labute approximate surface area is 106 Å². The van der Waals surface area contributed by atoms with Crippen LogP contribution in [0.5, 0.6) is 0 Å². The molecule has 0 aromatic carbocycles. The molecular formula is C11H21NO6. The number of methoxy groups -OCH3 is 2. The van der Waals surface area contributed by atoms with E-state index in [4.69, 9.17) is 19.1 Å². The predicted octanol–water partition coefficient (Wildman–Crippen LogP) is -0.369. The van der Waals surface area contributed by atoms with Crippen LogP contribution in [-0.2, 0) is 19.1 Å². The summed E-state index contributed by atoms with van der Waals surface area (Å²) in [5, 5.41) is 21.0. The van der Waals surface area contributed by atoms with Gasteiger partial charge in [-0.25, -0.2) is 9.68 Å². The Kier molecular flexibility index (Phi) is 4.54. The normalized spacial score (nSPS) is 40.5. The maximum atomic E-state index is 10.1. The van der Waals surface area contributed by atoms with Crippen molar-refractivity contribution < 1.29 is 29.4 Å². The number of nitrogens with zero attached hydrogens (tertiary/aromatic N) is 1. The molecule has 2 aliphatic heterocycles. The van der Waals surface area contributed by atoms with Gasteiger partial charge in [0.15, 0.2) is 12.6 Å². The van der Waals surface area contributed by atoms with E-state index in [-0.39, 0.29) is 12.0 Å². The van der Waals surface area contributed by atoms with Crippen molar-refractivity contribution in [1.29, 1.82) is 0 Å². The van der Waals surface area contributed by atoms with Gasteiger partial charge in [0.2, 0.25) is 0 Å². The zero-order valence-corrected chi connectivity index (χ0v) is 10.9. The summed E-state index contributed by atoms with van der Waals surface area (Å²) in [6, 6.07) is -0.147. The molecule has 2 rings (SSSR count). The molecule has 2 unspecified atom stereocenters. The first kappa shape index (κ1) is 14.1. The summed E-state index contributed by atoms with van der Waals surface area (Å²) >= 11 is 0. The number of hydroxylamine groups is 2. The molecular weight excluding hydrogens is 242 g/mol. The van der Waals surface area contributed by atoms with E-state index in [0.717, 1.165) is 0 Å². The van der Waals surface area contributed by atoms with Crippen molar-refractivity contribution in [2.75, 3.05) is 14.2 Å². The lowest BCUT2D eigenvalue weighted by atomic mass is 9.85. The maximum absolute atomic E-state index is 10.1. The average molecular weight is 263 g/mol. The Morgan fingerprint density at radius 3 is 2.17 bits per heavy atom. The van der Waals surface area contributed by atoms with Crippen LogP contribution in [-0.4, -0.2) is 60.5 Å². The van der Waals surface area contributed by atoms with Crippen molar-refractivity contribution in [2.45, 2.75) is 50.6 Å². The molecule has 2 N–H and O–H groups in total. The molecule has 0 aromatic rings. The molecule has 0 saturated carbocycles. The first-order valence-electron chi connectivity index (χ1n) is 6.11. The van der Waals surface area contributed by atoms with E-state index in [1.807, 2.05) is 0 Å². The Hall–Kier alpha value is -0.280. The fourth-order valence-electron chi connectivity index (χ4n) is 2.50. The molecule has 7 heteroatoms. The fourth-order valence-corrected chi connectivity index (χ4v) is 2.50. The van der Waals surface area contributed by atoms with Crippen LogP contribution < -0.4 is 0 Å². The van der Waals surface area contributed by atoms with Crippen LogP contribution in [0.2, 0.25) is 0 Å². The lowest BCUT2D eigenvalue weighted by Gasteiger charge is -2.40. The molecule has 0 aromatic heterocycles. The van der Waals surface area contributed by atoms with Gasteiger partial charge in [0.25, 0.3) is 0 Å². The second-order valence-corrected chi connectivity index (χ2v) is 4.76. The number of aliphatic hydroxyl groups is 2. The van der Waals surface area contributed by atoms with E-state index in [1.165, 1.54) is 12.3 Å². The summed E-state index contributed by atoms with van der Waals surface area (Å²) in [5.74, 6) is -0.191. The van der Waals surface area contributed by atoms with Gasteiger partial charge in [-0.2, -0.15) is 0 Å². The van der Waals surface area contributed by atoms with E-state index in [0.29, 0.717) is 12.8 Å². The quantitative estimate of drug-likeness (QED) is 0.716. The molecule has 7 nitrogen and oxygen atoms in total. The van der Waals surface area contributed by atoms with Crippen LogP contribution in [0.15, 0.2) is 0 Å². The molecule has 106 valence electrons. The largest absolute Gasteiger partial charge is 0.391 e. The number of rotatable bonds is 4. The second-order valence-electron chi connectivity index (χ2n) is 4.76. The van der Waals surface area contributed by atoms with Gasteiger partial charge in [0, 0.05) is 33.0 Å². The van der Waals surface area contributed by atoms with Crippen LogP contribution in [0.25, 0.3) is 0 Å². The Balaban J connectivity index is 2.10. The number of fused-ring (bicyclic) bond motifs is 1. The Bertz CT molecular complexity index is 276. The third-order valence-corrected chi connectivity index (χ3v) is 3.57. The van der Waals surface area contributed by atoms with Gasteiger partial charge in [0.1, 0.15) is 0 Å². The van der Waals surface area contributed by atoms with E-state index in [1.54, 1.807) is 14.0 Å². The summed E-state index contributed by atoms with van der Waals surface area (Å²) < 4.78 is 10.3. The van der Waals surface area contributed by atoms with Crippen LogP contribution in [0.1, 0.15) is 19.8 Å². The molecule has 0 spiro atoms. The van der Waals surface area contributed by atoms with Gasteiger partial charge in [-0.3, -0.25) is 0 Å². The number of hydrogen-bond acceptors (Lipinski definition) is 7. The van der Waals surface area contributed by atoms with E-state index in [9.17, 15) is 10.2 Å². The van der Waals surface area contributed by atoms with Gasteiger partial charge >= 0.3 is 0 Å². The summed E-state index contributed by atoms with van der Waals surface area (Å²) in [7, 11) is 3.08. The van der Waals surface area contributed by atoms with Gasteiger partial charge in [0.05, 0.1) is 18.2 Å². The topological polar surface area (TPSA) is 80.6 Å². The zero-order chi connectivity index (χ0) is 13.3. The molecule has 0 amide bonds. The lowest BCUT2D eigenvalue weighted by Crippen LogP contribution is -2.51. The highest BCUT2D eigenvalue weighted by Gasteiger charge is 2.48. The van der Waals surface area contributed by atoms with Crippen molar-refractivity contribution >= 4 is 0 Å². The van der Waals surface area contributed by atoms with Gasteiger partial charge in [-0.1, -0.05) is 5.23 Å². The van der Waals surface area contributed by atoms with Crippen LogP contribution in [0.4, 0.5) is 0 Å². The Morgan fingerprint density at radius 2 is 1.67 bits per heavy atom. The second kappa shape index (κ2) is 5.79.